The molecule has 104 valence electrons. The van der Waals surface area contributed by atoms with E-state index in [0.29, 0.717) is 11.5 Å². The molecule has 0 aromatic heterocycles. The van der Waals surface area contributed by atoms with Gasteiger partial charge >= 0.3 is 0 Å². The third-order valence-electron chi connectivity index (χ3n) is 4.61. The van der Waals surface area contributed by atoms with Gasteiger partial charge in [-0.05, 0) is 52.8 Å². The topological polar surface area (TPSA) is 40.5 Å². The number of aromatic hydroxyl groups is 2. The highest BCUT2D eigenvalue weighted by molar-refractivity contribution is 5.54. The molecule has 0 radical (unpaired) electrons. The van der Waals surface area contributed by atoms with Crippen molar-refractivity contribution in [3.63, 3.8) is 0 Å². The molecule has 1 unspecified atom stereocenters. The molecule has 2 N–H and O–H groups in total. The predicted molar refractivity (Wildman–Crippen MR) is 80.3 cm³/mol. The Morgan fingerprint density at radius 1 is 0.850 bits per heavy atom. The molecule has 0 heterocycles. The minimum atomic E-state index is -0.134. The van der Waals surface area contributed by atoms with Crippen LogP contribution in [0.15, 0.2) is 42.5 Å². The van der Waals surface area contributed by atoms with E-state index in [4.69, 9.17) is 0 Å². The average Bonchev–Trinajstić information content (AvgIpc) is 2.57. The normalized spacial score (nSPS) is 23.6. The average molecular weight is 268 g/mol. The summed E-state index contributed by atoms with van der Waals surface area (Å²) < 4.78 is 0. The summed E-state index contributed by atoms with van der Waals surface area (Å²) in [5.41, 5.74) is 3.43. The summed E-state index contributed by atoms with van der Waals surface area (Å²) in [6.07, 6.45) is 0.961. The second kappa shape index (κ2) is 4.02. The van der Waals surface area contributed by atoms with Gasteiger partial charge < -0.3 is 10.2 Å². The van der Waals surface area contributed by atoms with E-state index in [1.165, 1.54) is 11.1 Å². The van der Waals surface area contributed by atoms with Gasteiger partial charge in [0.25, 0.3) is 0 Å². The molecule has 1 aliphatic rings. The Bertz CT molecular complexity index is 673. The number of phenolic OH excluding ortho intramolecular Hbond substituents is 2. The number of phenols is 2. The molecule has 2 heteroatoms. The van der Waals surface area contributed by atoms with Gasteiger partial charge in [-0.3, -0.25) is 0 Å². The first-order valence-electron chi connectivity index (χ1n) is 6.96. The summed E-state index contributed by atoms with van der Waals surface area (Å²) in [5, 5.41) is 19.5. The molecule has 2 nitrogen and oxygen atoms in total. The molecule has 0 aliphatic heterocycles. The second-order valence-corrected chi connectivity index (χ2v) is 6.67. The number of rotatable bonds is 1. The molecule has 0 saturated carbocycles. The Balaban J connectivity index is 2.23. The van der Waals surface area contributed by atoms with Gasteiger partial charge in [0.05, 0.1) is 0 Å². The van der Waals surface area contributed by atoms with Crippen LogP contribution in [-0.2, 0) is 10.8 Å². The molecule has 2 aromatic rings. The lowest BCUT2D eigenvalue weighted by molar-refractivity contribution is 0.420. The zero-order valence-electron chi connectivity index (χ0n) is 12.1. The van der Waals surface area contributed by atoms with Crippen LogP contribution in [0.2, 0.25) is 0 Å². The fourth-order valence-electron chi connectivity index (χ4n) is 3.75. The number of hydrogen-bond donors (Lipinski definition) is 2. The lowest BCUT2D eigenvalue weighted by Crippen LogP contribution is -2.23. The number of hydrogen-bond acceptors (Lipinski definition) is 2. The molecule has 0 spiro atoms. The van der Waals surface area contributed by atoms with Crippen molar-refractivity contribution in [1.82, 2.24) is 0 Å². The van der Waals surface area contributed by atoms with Crippen molar-refractivity contribution >= 4 is 0 Å². The molecule has 3 rings (SSSR count). The minimum Gasteiger partial charge on any atom is -0.508 e. The Labute approximate surface area is 119 Å². The second-order valence-electron chi connectivity index (χ2n) is 6.67. The molecule has 0 fully saturated rings. The van der Waals surface area contributed by atoms with E-state index in [1.54, 1.807) is 12.1 Å². The number of benzene rings is 2. The lowest BCUT2D eigenvalue weighted by atomic mass is 9.75. The van der Waals surface area contributed by atoms with E-state index < -0.39 is 0 Å². The standard InChI is InChI=1S/C18H20O2/c1-17(2)11-18(3,12-5-4-6-13(19)9-12)15-8-7-14(20)10-16(15)17/h4-10,19-20H,11H2,1-3H3. The summed E-state index contributed by atoms with van der Waals surface area (Å²) in [6, 6.07) is 13.1. The fraction of sp³-hybridized carbons (Fsp3) is 0.333. The van der Waals surface area contributed by atoms with Gasteiger partial charge in [-0.15, -0.1) is 0 Å². The Morgan fingerprint density at radius 2 is 1.55 bits per heavy atom. The summed E-state index contributed by atoms with van der Waals surface area (Å²) in [7, 11) is 0. The lowest BCUT2D eigenvalue weighted by Gasteiger charge is -2.28. The monoisotopic (exact) mass is 268 g/mol. The Hall–Kier alpha value is -1.96. The van der Waals surface area contributed by atoms with Crippen LogP contribution < -0.4 is 0 Å². The molecule has 0 amide bonds. The third-order valence-corrected chi connectivity index (χ3v) is 4.61. The van der Waals surface area contributed by atoms with E-state index in [2.05, 4.69) is 26.8 Å². The smallest absolute Gasteiger partial charge is 0.115 e. The Morgan fingerprint density at radius 3 is 2.25 bits per heavy atom. The highest BCUT2D eigenvalue weighted by Crippen LogP contribution is 2.53. The maximum atomic E-state index is 9.77. The molecule has 20 heavy (non-hydrogen) atoms. The summed E-state index contributed by atoms with van der Waals surface area (Å²) in [4.78, 5) is 0. The van der Waals surface area contributed by atoms with Crippen molar-refractivity contribution < 1.29 is 10.2 Å². The predicted octanol–water partition coefficient (Wildman–Crippen LogP) is 4.09. The van der Waals surface area contributed by atoms with Crippen molar-refractivity contribution in [3.05, 3.63) is 59.2 Å². The van der Waals surface area contributed by atoms with Crippen molar-refractivity contribution in [2.24, 2.45) is 0 Å². The SMILES string of the molecule is CC1(C)CC(C)(c2cccc(O)c2)c2ccc(O)cc21. The van der Waals surface area contributed by atoms with Gasteiger partial charge in [0.15, 0.2) is 0 Å². The summed E-state index contributed by atoms with van der Waals surface area (Å²) in [5.74, 6) is 0.616. The van der Waals surface area contributed by atoms with Crippen LogP contribution in [0.25, 0.3) is 0 Å². The highest BCUT2D eigenvalue weighted by Gasteiger charge is 2.45. The van der Waals surface area contributed by atoms with Crippen molar-refractivity contribution in [1.29, 1.82) is 0 Å². The van der Waals surface area contributed by atoms with Gasteiger partial charge in [-0.25, -0.2) is 0 Å². The van der Waals surface area contributed by atoms with Crippen LogP contribution in [-0.4, -0.2) is 10.2 Å². The largest absolute Gasteiger partial charge is 0.508 e. The highest BCUT2D eigenvalue weighted by atomic mass is 16.3. The van der Waals surface area contributed by atoms with E-state index in [9.17, 15) is 10.2 Å². The maximum absolute atomic E-state index is 9.77. The van der Waals surface area contributed by atoms with E-state index in [-0.39, 0.29) is 10.8 Å². The molecular weight excluding hydrogens is 248 g/mol. The van der Waals surface area contributed by atoms with Crippen LogP contribution in [0, 0.1) is 0 Å². The van der Waals surface area contributed by atoms with E-state index >= 15 is 0 Å². The molecule has 1 atom stereocenters. The van der Waals surface area contributed by atoms with Gasteiger partial charge in [0.2, 0.25) is 0 Å². The van der Waals surface area contributed by atoms with E-state index in [1.807, 2.05) is 24.3 Å². The molecule has 0 saturated heterocycles. The van der Waals surface area contributed by atoms with Crippen LogP contribution in [0.3, 0.4) is 0 Å². The first kappa shape index (κ1) is 13.0. The van der Waals surface area contributed by atoms with E-state index in [0.717, 1.165) is 12.0 Å². The fourth-order valence-corrected chi connectivity index (χ4v) is 3.75. The minimum absolute atomic E-state index is 0.00822. The van der Waals surface area contributed by atoms with Gasteiger partial charge in [0.1, 0.15) is 11.5 Å². The molecule has 1 aliphatic carbocycles. The zero-order valence-corrected chi connectivity index (χ0v) is 12.1. The quantitative estimate of drug-likeness (QED) is 0.818. The first-order valence-corrected chi connectivity index (χ1v) is 6.96. The van der Waals surface area contributed by atoms with Crippen molar-refractivity contribution in [3.8, 4) is 11.5 Å². The molecule has 0 bridgehead atoms. The van der Waals surface area contributed by atoms with Crippen molar-refractivity contribution in [2.75, 3.05) is 0 Å². The first-order chi connectivity index (χ1) is 9.33. The van der Waals surface area contributed by atoms with Gasteiger partial charge in [0, 0.05) is 5.41 Å². The zero-order chi connectivity index (χ0) is 14.5. The van der Waals surface area contributed by atoms with Crippen molar-refractivity contribution in [2.45, 2.75) is 38.0 Å². The third kappa shape index (κ3) is 1.79. The van der Waals surface area contributed by atoms with Gasteiger partial charge in [-0.2, -0.15) is 0 Å². The van der Waals surface area contributed by atoms with Crippen LogP contribution in [0.5, 0.6) is 11.5 Å². The van der Waals surface area contributed by atoms with Gasteiger partial charge in [-0.1, -0.05) is 39.0 Å². The van der Waals surface area contributed by atoms with Crippen LogP contribution in [0.1, 0.15) is 43.9 Å². The van der Waals surface area contributed by atoms with Crippen LogP contribution >= 0.6 is 0 Å². The summed E-state index contributed by atoms with van der Waals surface area (Å²) in [6.45, 7) is 6.63. The molecular formula is C18H20O2. The maximum Gasteiger partial charge on any atom is 0.115 e. The summed E-state index contributed by atoms with van der Waals surface area (Å²) >= 11 is 0. The van der Waals surface area contributed by atoms with Crippen LogP contribution in [0.4, 0.5) is 0 Å². The molecule has 2 aromatic carbocycles. The Kier molecular flexibility index (Phi) is 2.62. The number of fused-ring (bicyclic) bond motifs is 1.